The molecule has 0 bridgehead atoms. The first kappa shape index (κ1) is 19.8. The summed E-state index contributed by atoms with van der Waals surface area (Å²) in [6, 6.07) is -0.122. The van der Waals surface area contributed by atoms with Crippen molar-refractivity contribution in [3.63, 3.8) is 0 Å². The minimum absolute atomic E-state index is 0.122. The third-order valence-corrected chi connectivity index (χ3v) is 7.66. The second-order valence-corrected chi connectivity index (χ2v) is 9.54. The predicted octanol–water partition coefficient (Wildman–Crippen LogP) is 2.70. The number of amides is 2. The molecule has 2 aliphatic heterocycles. The van der Waals surface area contributed by atoms with Gasteiger partial charge in [0.05, 0.1) is 23.8 Å². The quantitative estimate of drug-likeness (QED) is 0.827. The molecule has 162 valence electrons. The van der Waals surface area contributed by atoms with Crippen molar-refractivity contribution >= 4 is 11.8 Å². The van der Waals surface area contributed by atoms with Crippen molar-refractivity contribution in [2.24, 2.45) is 11.8 Å². The van der Waals surface area contributed by atoms with Crippen LogP contribution in [0.25, 0.3) is 0 Å². The number of carbonyl (C=O) groups is 2. The Morgan fingerprint density at radius 1 is 0.867 bits per heavy atom. The average molecular weight is 413 g/mol. The number of carbonyl (C=O) groups excluding carboxylic acids is 2. The summed E-state index contributed by atoms with van der Waals surface area (Å²) in [6.07, 6.45) is 10.9. The Morgan fingerprint density at radius 3 is 2.30 bits per heavy atom. The molecular weight excluding hydrogens is 380 g/mol. The molecule has 1 atom stereocenters. The molecule has 1 saturated heterocycles. The highest BCUT2D eigenvalue weighted by molar-refractivity contribution is 5.80. The van der Waals surface area contributed by atoms with E-state index in [2.05, 4.69) is 4.98 Å². The zero-order valence-electron chi connectivity index (χ0n) is 17.7. The highest BCUT2D eigenvalue weighted by atomic mass is 16.2. The van der Waals surface area contributed by atoms with Crippen molar-refractivity contribution in [1.29, 1.82) is 0 Å². The van der Waals surface area contributed by atoms with Gasteiger partial charge in [0.15, 0.2) is 0 Å². The van der Waals surface area contributed by atoms with Gasteiger partial charge in [-0.2, -0.15) is 0 Å². The first-order valence-electron chi connectivity index (χ1n) is 11.8. The zero-order valence-corrected chi connectivity index (χ0v) is 17.7. The van der Waals surface area contributed by atoms with Crippen molar-refractivity contribution in [3.05, 3.63) is 27.4 Å². The SMILES string of the molecule is O=C(C1CCCC1)N1CCc2nc([C@H]3CCCCN3C(=O)C3CCC3)[nH]c(=O)c2C1. The third-order valence-electron chi connectivity index (χ3n) is 7.66. The highest BCUT2D eigenvalue weighted by Crippen LogP contribution is 2.35. The normalized spacial score (nSPS) is 25.1. The summed E-state index contributed by atoms with van der Waals surface area (Å²) in [6.45, 7) is 1.75. The largest absolute Gasteiger partial charge is 0.337 e. The number of hydrogen-bond donors (Lipinski definition) is 1. The summed E-state index contributed by atoms with van der Waals surface area (Å²) < 4.78 is 0. The van der Waals surface area contributed by atoms with Crippen LogP contribution in [0.4, 0.5) is 0 Å². The van der Waals surface area contributed by atoms with Crippen molar-refractivity contribution < 1.29 is 9.59 Å². The van der Waals surface area contributed by atoms with Crippen molar-refractivity contribution in [2.75, 3.05) is 13.1 Å². The molecular formula is C23H32N4O3. The molecule has 7 heteroatoms. The average Bonchev–Trinajstić information content (AvgIpc) is 3.26. The van der Waals surface area contributed by atoms with Crippen LogP contribution >= 0.6 is 0 Å². The first-order chi connectivity index (χ1) is 14.6. The number of likely N-dealkylation sites (tertiary alicyclic amines) is 1. The second-order valence-electron chi connectivity index (χ2n) is 9.54. The minimum atomic E-state index is -0.138. The molecule has 3 heterocycles. The number of nitrogens with zero attached hydrogens (tertiary/aromatic N) is 3. The van der Waals surface area contributed by atoms with Crippen LogP contribution in [0.3, 0.4) is 0 Å². The van der Waals surface area contributed by atoms with Crippen molar-refractivity contribution in [2.45, 2.75) is 83.2 Å². The molecule has 1 aromatic rings. The maximum Gasteiger partial charge on any atom is 0.256 e. The van der Waals surface area contributed by atoms with Gasteiger partial charge in [-0.25, -0.2) is 4.98 Å². The van der Waals surface area contributed by atoms with Gasteiger partial charge < -0.3 is 14.8 Å². The lowest BCUT2D eigenvalue weighted by atomic mass is 9.83. The Balaban J connectivity index is 1.36. The van der Waals surface area contributed by atoms with Crippen LogP contribution < -0.4 is 5.56 Å². The summed E-state index contributed by atoms with van der Waals surface area (Å²) in [4.78, 5) is 50.4. The third kappa shape index (κ3) is 3.56. The number of hydrogen-bond acceptors (Lipinski definition) is 4. The summed E-state index contributed by atoms with van der Waals surface area (Å²) in [5.41, 5.74) is 1.30. The molecule has 0 aromatic carbocycles. The molecule has 0 unspecified atom stereocenters. The van der Waals surface area contributed by atoms with Crippen molar-refractivity contribution in [3.8, 4) is 0 Å². The van der Waals surface area contributed by atoms with Gasteiger partial charge >= 0.3 is 0 Å². The zero-order chi connectivity index (χ0) is 20.7. The van der Waals surface area contributed by atoms with Gasteiger partial charge in [-0.3, -0.25) is 14.4 Å². The Morgan fingerprint density at radius 2 is 1.57 bits per heavy atom. The first-order valence-corrected chi connectivity index (χ1v) is 11.8. The molecule has 30 heavy (non-hydrogen) atoms. The number of piperidine rings is 1. The van der Waals surface area contributed by atoms with Gasteiger partial charge in [0, 0.05) is 31.3 Å². The van der Waals surface area contributed by atoms with Gasteiger partial charge in [0.2, 0.25) is 11.8 Å². The smallest absolute Gasteiger partial charge is 0.256 e. The molecule has 1 N–H and O–H groups in total. The van der Waals surface area contributed by atoms with Gasteiger partial charge in [-0.1, -0.05) is 19.3 Å². The molecule has 2 aliphatic carbocycles. The van der Waals surface area contributed by atoms with E-state index in [1.54, 1.807) is 0 Å². The topological polar surface area (TPSA) is 86.4 Å². The van der Waals surface area contributed by atoms with E-state index in [1.807, 2.05) is 9.80 Å². The molecule has 1 aromatic heterocycles. The summed E-state index contributed by atoms with van der Waals surface area (Å²) >= 11 is 0. The van der Waals surface area contributed by atoms with E-state index in [4.69, 9.17) is 4.98 Å². The lowest BCUT2D eigenvalue weighted by Gasteiger charge is -2.39. The Bertz CT molecular complexity index is 885. The van der Waals surface area contributed by atoms with Gasteiger partial charge in [0.25, 0.3) is 5.56 Å². The maximum absolute atomic E-state index is 13.0. The van der Waals surface area contributed by atoms with Crippen LogP contribution in [-0.4, -0.2) is 44.7 Å². The van der Waals surface area contributed by atoms with Crippen LogP contribution in [0.5, 0.6) is 0 Å². The molecule has 4 aliphatic rings. The standard InChI is InChI=1S/C23H32N4O3/c28-21-17-14-26(22(29)15-6-1-2-7-15)13-11-18(17)24-20(25-21)19-10-3-4-12-27(19)23(30)16-8-5-9-16/h15-16,19H,1-14H2,(H,24,25,28)/t19-/m1/s1. The van der Waals surface area contributed by atoms with E-state index in [0.29, 0.717) is 30.9 Å². The molecule has 5 rings (SSSR count). The van der Waals surface area contributed by atoms with Crippen LogP contribution in [0.2, 0.25) is 0 Å². The summed E-state index contributed by atoms with van der Waals surface area (Å²) in [5.74, 6) is 1.36. The number of fused-ring (bicyclic) bond motifs is 1. The molecule has 2 saturated carbocycles. The fourth-order valence-corrected chi connectivity index (χ4v) is 5.59. The van der Waals surface area contributed by atoms with Crippen LogP contribution in [-0.2, 0) is 22.6 Å². The molecule has 2 amide bonds. The van der Waals surface area contributed by atoms with E-state index in [-0.39, 0.29) is 35.3 Å². The van der Waals surface area contributed by atoms with E-state index < -0.39 is 0 Å². The van der Waals surface area contributed by atoms with E-state index in [1.165, 1.54) is 0 Å². The van der Waals surface area contributed by atoms with Gasteiger partial charge in [-0.15, -0.1) is 0 Å². The number of aromatic amines is 1. The Kier molecular flexibility index (Phi) is 5.37. The number of H-pyrrole nitrogens is 1. The summed E-state index contributed by atoms with van der Waals surface area (Å²) in [7, 11) is 0. The lowest BCUT2D eigenvalue weighted by Crippen LogP contribution is -2.45. The van der Waals surface area contributed by atoms with Crippen LogP contribution in [0.15, 0.2) is 4.79 Å². The van der Waals surface area contributed by atoms with Crippen molar-refractivity contribution in [1.82, 2.24) is 19.8 Å². The number of aromatic nitrogens is 2. The van der Waals surface area contributed by atoms with Crippen LogP contribution in [0, 0.1) is 11.8 Å². The Hall–Kier alpha value is -2.18. The van der Waals surface area contributed by atoms with Crippen LogP contribution in [0.1, 0.15) is 87.3 Å². The molecule has 0 spiro atoms. The van der Waals surface area contributed by atoms with Gasteiger partial charge in [-0.05, 0) is 44.9 Å². The highest BCUT2D eigenvalue weighted by Gasteiger charge is 2.37. The molecule has 3 fully saturated rings. The fourth-order valence-electron chi connectivity index (χ4n) is 5.59. The van der Waals surface area contributed by atoms with Gasteiger partial charge in [0.1, 0.15) is 5.82 Å². The fraction of sp³-hybridized carbons (Fsp3) is 0.739. The second kappa shape index (κ2) is 8.16. The van der Waals surface area contributed by atoms with E-state index in [9.17, 15) is 14.4 Å². The minimum Gasteiger partial charge on any atom is -0.337 e. The summed E-state index contributed by atoms with van der Waals surface area (Å²) in [5, 5.41) is 0. The molecule has 7 nitrogen and oxygen atoms in total. The number of nitrogens with one attached hydrogen (secondary N) is 1. The predicted molar refractivity (Wildman–Crippen MR) is 112 cm³/mol. The maximum atomic E-state index is 13.0. The van der Waals surface area contributed by atoms with E-state index in [0.717, 1.165) is 76.4 Å². The number of rotatable bonds is 3. The Labute approximate surface area is 177 Å². The monoisotopic (exact) mass is 412 g/mol. The molecule has 0 radical (unpaired) electrons. The lowest BCUT2D eigenvalue weighted by molar-refractivity contribution is -0.142. The van der Waals surface area contributed by atoms with E-state index >= 15 is 0 Å².